The summed E-state index contributed by atoms with van der Waals surface area (Å²) < 4.78 is 0. The lowest BCUT2D eigenvalue weighted by molar-refractivity contribution is -0.124. The summed E-state index contributed by atoms with van der Waals surface area (Å²) in [4.78, 5) is 11.3. The molecule has 1 aliphatic carbocycles. The molecule has 3 nitrogen and oxygen atoms in total. The Hall–Kier alpha value is -0.570. The average molecular weight is 198 g/mol. The minimum atomic E-state index is 0.0901. The lowest BCUT2D eigenvalue weighted by Crippen LogP contribution is -2.37. The second kappa shape index (κ2) is 5.35. The van der Waals surface area contributed by atoms with Crippen molar-refractivity contribution in [3.8, 4) is 0 Å². The van der Waals surface area contributed by atoms with E-state index in [1.165, 1.54) is 12.8 Å². The molecule has 0 aromatic heterocycles. The van der Waals surface area contributed by atoms with Crippen LogP contribution in [0.3, 0.4) is 0 Å². The van der Waals surface area contributed by atoms with Crippen LogP contribution in [0.4, 0.5) is 0 Å². The quantitative estimate of drug-likeness (QED) is 0.717. The summed E-state index contributed by atoms with van der Waals surface area (Å²) in [5.41, 5.74) is 5.88. The Morgan fingerprint density at radius 1 is 1.50 bits per heavy atom. The lowest BCUT2D eigenvalue weighted by atomic mass is 9.86. The molecule has 3 heteroatoms. The number of nitrogens with one attached hydrogen (secondary N) is 1. The Kier molecular flexibility index (Phi) is 4.39. The van der Waals surface area contributed by atoms with Crippen LogP contribution in [0.5, 0.6) is 0 Å². The number of nitrogens with two attached hydrogens (primary N) is 1. The van der Waals surface area contributed by atoms with Crippen molar-refractivity contribution in [3.63, 3.8) is 0 Å². The molecule has 82 valence electrons. The van der Waals surface area contributed by atoms with Crippen molar-refractivity contribution in [2.45, 2.75) is 45.6 Å². The first-order valence-electron chi connectivity index (χ1n) is 5.63. The number of hydrogen-bond donors (Lipinski definition) is 2. The molecule has 1 saturated carbocycles. The van der Waals surface area contributed by atoms with Gasteiger partial charge in [0.25, 0.3) is 0 Å². The smallest absolute Gasteiger partial charge is 0.222 e. The van der Waals surface area contributed by atoms with E-state index in [1.807, 2.05) is 13.8 Å². The van der Waals surface area contributed by atoms with Crippen LogP contribution in [-0.2, 0) is 4.79 Å². The first kappa shape index (κ1) is 11.5. The molecule has 0 spiro atoms. The Labute approximate surface area is 86.4 Å². The van der Waals surface area contributed by atoms with Gasteiger partial charge in [0.15, 0.2) is 0 Å². The fourth-order valence-electron chi connectivity index (χ4n) is 1.97. The molecule has 0 heterocycles. The normalized spacial score (nSPS) is 27.7. The summed E-state index contributed by atoms with van der Waals surface area (Å²) in [5, 5.41) is 2.98. The summed E-state index contributed by atoms with van der Waals surface area (Å²) in [6.45, 7) is 4.65. The number of carbonyl (C=O) groups excluding carboxylic acids is 1. The molecule has 14 heavy (non-hydrogen) atoms. The van der Waals surface area contributed by atoms with Crippen LogP contribution >= 0.6 is 0 Å². The van der Waals surface area contributed by atoms with Crippen molar-refractivity contribution in [1.29, 1.82) is 0 Å². The molecular weight excluding hydrogens is 176 g/mol. The molecule has 2 atom stereocenters. The Balaban J connectivity index is 2.20. The van der Waals surface area contributed by atoms with Crippen LogP contribution in [0.1, 0.15) is 39.5 Å². The highest BCUT2D eigenvalue weighted by atomic mass is 16.1. The molecular formula is C11H22N2O. The Morgan fingerprint density at radius 2 is 2.21 bits per heavy atom. The summed E-state index contributed by atoms with van der Waals surface area (Å²) in [7, 11) is 0. The van der Waals surface area contributed by atoms with E-state index in [4.69, 9.17) is 5.73 Å². The number of carbonyl (C=O) groups is 1. The molecule has 3 N–H and O–H groups in total. The third-order valence-electron chi connectivity index (χ3n) is 2.91. The third-order valence-corrected chi connectivity index (χ3v) is 2.91. The van der Waals surface area contributed by atoms with Crippen LogP contribution in [0.15, 0.2) is 0 Å². The molecule has 1 rings (SSSR count). The summed E-state index contributed by atoms with van der Waals surface area (Å²) in [5.74, 6) is 0.845. The van der Waals surface area contributed by atoms with Crippen molar-refractivity contribution >= 4 is 5.91 Å². The summed E-state index contributed by atoms with van der Waals surface area (Å²) >= 11 is 0. The van der Waals surface area contributed by atoms with Crippen molar-refractivity contribution in [2.75, 3.05) is 6.54 Å². The average Bonchev–Trinajstić information content (AvgIpc) is 2.14. The van der Waals surface area contributed by atoms with Gasteiger partial charge in [-0.1, -0.05) is 20.3 Å². The highest BCUT2D eigenvalue weighted by Crippen LogP contribution is 2.22. The lowest BCUT2D eigenvalue weighted by Gasteiger charge is -2.26. The SMILES string of the molecule is CC(C)C(=O)NCC1CCCC(N)C1. The minimum absolute atomic E-state index is 0.0901. The third kappa shape index (κ3) is 3.66. The molecule has 0 bridgehead atoms. The van der Waals surface area contributed by atoms with Gasteiger partial charge < -0.3 is 11.1 Å². The van der Waals surface area contributed by atoms with Crippen LogP contribution in [-0.4, -0.2) is 18.5 Å². The maximum absolute atomic E-state index is 11.3. The molecule has 2 unspecified atom stereocenters. The first-order chi connectivity index (χ1) is 6.59. The molecule has 1 aliphatic rings. The minimum Gasteiger partial charge on any atom is -0.356 e. The number of rotatable bonds is 3. The zero-order valence-electron chi connectivity index (χ0n) is 9.25. The van der Waals surface area contributed by atoms with E-state index in [2.05, 4.69) is 5.32 Å². The number of hydrogen-bond acceptors (Lipinski definition) is 2. The van der Waals surface area contributed by atoms with Crippen LogP contribution in [0.25, 0.3) is 0 Å². The largest absolute Gasteiger partial charge is 0.356 e. The zero-order valence-corrected chi connectivity index (χ0v) is 9.25. The second-order valence-corrected chi connectivity index (χ2v) is 4.69. The van der Waals surface area contributed by atoms with Gasteiger partial charge in [-0.2, -0.15) is 0 Å². The van der Waals surface area contributed by atoms with Crippen LogP contribution < -0.4 is 11.1 Å². The predicted molar refractivity (Wildman–Crippen MR) is 57.8 cm³/mol. The molecule has 0 radical (unpaired) electrons. The van der Waals surface area contributed by atoms with Gasteiger partial charge in [0.1, 0.15) is 0 Å². The fraction of sp³-hybridized carbons (Fsp3) is 0.909. The van der Waals surface area contributed by atoms with E-state index in [9.17, 15) is 4.79 Å². The topological polar surface area (TPSA) is 55.1 Å². The van der Waals surface area contributed by atoms with Crippen molar-refractivity contribution < 1.29 is 4.79 Å². The van der Waals surface area contributed by atoms with Crippen molar-refractivity contribution in [1.82, 2.24) is 5.32 Å². The first-order valence-corrected chi connectivity index (χ1v) is 5.63. The van der Waals surface area contributed by atoms with Gasteiger partial charge in [-0.3, -0.25) is 4.79 Å². The highest BCUT2D eigenvalue weighted by Gasteiger charge is 2.19. The van der Waals surface area contributed by atoms with Gasteiger partial charge >= 0.3 is 0 Å². The number of amides is 1. The zero-order chi connectivity index (χ0) is 10.6. The molecule has 0 aromatic rings. The summed E-state index contributed by atoms with van der Waals surface area (Å²) in [6, 6.07) is 0.352. The van der Waals surface area contributed by atoms with E-state index in [1.54, 1.807) is 0 Å². The fourth-order valence-corrected chi connectivity index (χ4v) is 1.97. The van der Waals surface area contributed by atoms with Crippen molar-refractivity contribution in [2.24, 2.45) is 17.6 Å². The van der Waals surface area contributed by atoms with E-state index in [0.717, 1.165) is 19.4 Å². The van der Waals surface area contributed by atoms with Gasteiger partial charge in [-0.15, -0.1) is 0 Å². The van der Waals surface area contributed by atoms with E-state index in [-0.39, 0.29) is 11.8 Å². The second-order valence-electron chi connectivity index (χ2n) is 4.69. The Morgan fingerprint density at radius 3 is 2.79 bits per heavy atom. The standard InChI is InChI=1S/C11H22N2O/c1-8(2)11(14)13-7-9-4-3-5-10(12)6-9/h8-10H,3-7,12H2,1-2H3,(H,13,14). The molecule has 0 aliphatic heterocycles. The highest BCUT2D eigenvalue weighted by molar-refractivity contribution is 5.77. The van der Waals surface area contributed by atoms with Crippen molar-refractivity contribution in [3.05, 3.63) is 0 Å². The predicted octanol–water partition coefficient (Wildman–Crippen LogP) is 1.28. The van der Waals surface area contributed by atoms with E-state index in [0.29, 0.717) is 12.0 Å². The molecule has 0 saturated heterocycles. The monoisotopic (exact) mass is 198 g/mol. The molecule has 0 aromatic carbocycles. The van der Waals surface area contributed by atoms with E-state index >= 15 is 0 Å². The van der Waals surface area contributed by atoms with Crippen LogP contribution in [0.2, 0.25) is 0 Å². The van der Waals surface area contributed by atoms with Gasteiger partial charge in [0.2, 0.25) is 5.91 Å². The van der Waals surface area contributed by atoms with Gasteiger partial charge in [-0.25, -0.2) is 0 Å². The maximum Gasteiger partial charge on any atom is 0.222 e. The maximum atomic E-state index is 11.3. The van der Waals surface area contributed by atoms with Crippen LogP contribution in [0, 0.1) is 11.8 Å². The van der Waals surface area contributed by atoms with Gasteiger partial charge in [0.05, 0.1) is 0 Å². The summed E-state index contributed by atoms with van der Waals surface area (Å²) in [6.07, 6.45) is 4.64. The molecule has 1 amide bonds. The van der Waals surface area contributed by atoms with Gasteiger partial charge in [-0.05, 0) is 25.2 Å². The van der Waals surface area contributed by atoms with Gasteiger partial charge in [0, 0.05) is 18.5 Å². The molecule has 1 fully saturated rings. The Bertz CT molecular complexity index is 192. The van der Waals surface area contributed by atoms with E-state index < -0.39 is 0 Å².